The normalized spacial score (nSPS) is 28.1. The minimum atomic E-state index is -2.81. The molecule has 0 unspecified atom stereocenters. The van der Waals surface area contributed by atoms with Crippen molar-refractivity contribution >= 4 is 9.84 Å². The van der Waals surface area contributed by atoms with Crippen molar-refractivity contribution in [1.82, 2.24) is 5.32 Å². The summed E-state index contributed by atoms with van der Waals surface area (Å²) in [5, 5.41) is 3.32. The second-order valence-electron chi connectivity index (χ2n) is 4.53. The Bertz CT molecular complexity index is 441. The molecule has 1 aromatic rings. The molecule has 0 aliphatic carbocycles. The molecule has 1 heterocycles. The van der Waals surface area contributed by atoms with Crippen LogP contribution in [0.25, 0.3) is 0 Å². The maximum atomic E-state index is 11.4. The third kappa shape index (κ3) is 2.83. The van der Waals surface area contributed by atoms with Crippen molar-refractivity contribution in [1.29, 1.82) is 0 Å². The van der Waals surface area contributed by atoms with E-state index in [0.29, 0.717) is 5.75 Å². The summed E-state index contributed by atoms with van der Waals surface area (Å²) in [5.74, 6) is 0.814. The number of hydrogen-bond acceptors (Lipinski definition) is 3. The molecule has 2 rings (SSSR count). The van der Waals surface area contributed by atoms with Crippen LogP contribution in [0.5, 0.6) is 0 Å². The van der Waals surface area contributed by atoms with Crippen LogP contribution in [0.4, 0.5) is 0 Å². The fourth-order valence-corrected chi connectivity index (χ4v) is 4.29. The van der Waals surface area contributed by atoms with Crippen LogP contribution >= 0.6 is 0 Å². The maximum absolute atomic E-state index is 11.4. The minimum absolute atomic E-state index is 0.102. The van der Waals surface area contributed by atoms with E-state index in [-0.39, 0.29) is 17.7 Å². The molecular formula is C12H17NO2S. The molecule has 1 fully saturated rings. The van der Waals surface area contributed by atoms with Gasteiger partial charge in [-0.3, -0.25) is 0 Å². The van der Waals surface area contributed by atoms with Crippen LogP contribution in [0.3, 0.4) is 0 Å². The lowest BCUT2D eigenvalue weighted by molar-refractivity contribution is 0.453. The fraction of sp³-hybridized carbons (Fsp3) is 0.500. The largest absolute Gasteiger partial charge is 0.309 e. The lowest BCUT2D eigenvalue weighted by atomic mass is 10.1. The number of sulfone groups is 1. The van der Waals surface area contributed by atoms with Gasteiger partial charge in [0.1, 0.15) is 0 Å². The van der Waals surface area contributed by atoms with Crippen molar-refractivity contribution in [3.05, 3.63) is 35.9 Å². The second-order valence-corrected chi connectivity index (χ2v) is 6.68. The molecule has 0 spiro atoms. The van der Waals surface area contributed by atoms with Crippen LogP contribution in [-0.2, 0) is 16.4 Å². The SMILES string of the molecule is C[C@@H]1CS(=O)(=O)C[C@H]1NCc1ccccc1. The van der Waals surface area contributed by atoms with E-state index in [1.807, 2.05) is 37.3 Å². The summed E-state index contributed by atoms with van der Waals surface area (Å²) in [5.41, 5.74) is 1.19. The van der Waals surface area contributed by atoms with Gasteiger partial charge in [0.15, 0.2) is 9.84 Å². The predicted octanol–water partition coefficient (Wildman–Crippen LogP) is 1.21. The highest BCUT2D eigenvalue weighted by molar-refractivity contribution is 7.91. The first-order chi connectivity index (χ1) is 7.57. The number of nitrogens with one attached hydrogen (secondary N) is 1. The summed E-state index contributed by atoms with van der Waals surface area (Å²) >= 11 is 0. The number of hydrogen-bond donors (Lipinski definition) is 1. The van der Waals surface area contributed by atoms with Crippen LogP contribution < -0.4 is 5.32 Å². The predicted molar refractivity (Wildman–Crippen MR) is 64.9 cm³/mol. The van der Waals surface area contributed by atoms with Gasteiger partial charge in [0.05, 0.1) is 11.5 Å². The van der Waals surface area contributed by atoms with Gasteiger partial charge in [0.25, 0.3) is 0 Å². The van der Waals surface area contributed by atoms with E-state index >= 15 is 0 Å². The molecule has 0 aromatic heterocycles. The van der Waals surface area contributed by atoms with E-state index in [1.54, 1.807) is 0 Å². The van der Waals surface area contributed by atoms with Gasteiger partial charge in [0, 0.05) is 12.6 Å². The zero-order chi connectivity index (χ0) is 11.6. The monoisotopic (exact) mass is 239 g/mol. The van der Waals surface area contributed by atoms with Gasteiger partial charge in [-0.05, 0) is 11.5 Å². The lowest BCUT2D eigenvalue weighted by Gasteiger charge is -2.15. The van der Waals surface area contributed by atoms with Crippen molar-refractivity contribution in [3.63, 3.8) is 0 Å². The fourth-order valence-electron chi connectivity index (χ4n) is 2.13. The Balaban J connectivity index is 1.92. The molecule has 3 nitrogen and oxygen atoms in total. The summed E-state index contributed by atoms with van der Waals surface area (Å²) in [6.45, 7) is 2.73. The third-order valence-electron chi connectivity index (χ3n) is 3.05. The molecule has 1 saturated heterocycles. The topological polar surface area (TPSA) is 46.2 Å². The molecule has 1 N–H and O–H groups in total. The number of benzene rings is 1. The van der Waals surface area contributed by atoms with Gasteiger partial charge in [0.2, 0.25) is 0 Å². The van der Waals surface area contributed by atoms with Crippen molar-refractivity contribution in [2.24, 2.45) is 5.92 Å². The Morgan fingerprint density at radius 2 is 1.94 bits per heavy atom. The molecule has 1 aliphatic rings. The third-order valence-corrected chi connectivity index (χ3v) is 4.95. The summed E-state index contributed by atoms with van der Waals surface area (Å²) in [4.78, 5) is 0. The van der Waals surface area contributed by atoms with Gasteiger partial charge < -0.3 is 5.32 Å². The van der Waals surface area contributed by atoms with Crippen LogP contribution in [0.2, 0.25) is 0 Å². The van der Waals surface area contributed by atoms with E-state index in [4.69, 9.17) is 0 Å². The van der Waals surface area contributed by atoms with Crippen molar-refractivity contribution in [2.45, 2.75) is 19.5 Å². The molecule has 2 atom stereocenters. The van der Waals surface area contributed by atoms with E-state index in [2.05, 4.69) is 5.32 Å². The summed E-state index contributed by atoms with van der Waals surface area (Å²) in [6.07, 6.45) is 0. The standard InChI is InChI=1S/C12H17NO2S/c1-10-8-16(14,15)9-12(10)13-7-11-5-3-2-4-6-11/h2-6,10,12-13H,7-9H2,1H3/t10-,12-/m1/s1. The second kappa shape index (κ2) is 4.55. The lowest BCUT2D eigenvalue weighted by Crippen LogP contribution is -2.33. The van der Waals surface area contributed by atoms with Crippen molar-refractivity contribution in [2.75, 3.05) is 11.5 Å². The molecule has 16 heavy (non-hydrogen) atoms. The Kier molecular flexibility index (Phi) is 3.30. The van der Waals surface area contributed by atoms with Crippen molar-refractivity contribution < 1.29 is 8.42 Å². The van der Waals surface area contributed by atoms with Crippen LogP contribution in [-0.4, -0.2) is 26.0 Å². The molecule has 88 valence electrons. The van der Waals surface area contributed by atoms with Crippen LogP contribution in [0.15, 0.2) is 30.3 Å². The molecule has 0 saturated carbocycles. The highest BCUT2D eigenvalue weighted by Gasteiger charge is 2.33. The molecule has 1 aromatic carbocycles. The zero-order valence-electron chi connectivity index (χ0n) is 9.39. The molecule has 0 amide bonds. The summed E-state index contributed by atoms with van der Waals surface area (Å²) in [6, 6.07) is 10.1. The highest BCUT2D eigenvalue weighted by Crippen LogP contribution is 2.18. The van der Waals surface area contributed by atoms with Crippen LogP contribution in [0, 0.1) is 5.92 Å². The first-order valence-electron chi connectivity index (χ1n) is 5.54. The van der Waals surface area contributed by atoms with Crippen LogP contribution in [0.1, 0.15) is 12.5 Å². The first kappa shape index (κ1) is 11.6. The number of rotatable bonds is 3. The average molecular weight is 239 g/mol. The summed E-state index contributed by atoms with van der Waals surface area (Å²) < 4.78 is 22.8. The Morgan fingerprint density at radius 1 is 1.25 bits per heavy atom. The van der Waals surface area contributed by atoms with Gasteiger partial charge in [-0.2, -0.15) is 0 Å². The van der Waals surface area contributed by atoms with E-state index in [1.165, 1.54) is 5.56 Å². The quantitative estimate of drug-likeness (QED) is 0.862. The van der Waals surface area contributed by atoms with E-state index in [9.17, 15) is 8.42 Å². The van der Waals surface area contributed by atoms with Gasteiger partial charge in [-0.25, -0.2) is 8.42 Å². The Morgan fingerprint density at radius 3 is 2.50 bits per heavy atom. The molecule has 1 aliphatic heterocycles. The molecule has 4 heteroatoms. The Labute approximate surface area is 96.8 Å². The first-order valence-corrected chi connectivity index (χ1v) is 7.37. The zero-order valence-corrected chi connectivity index (χ0v) is 10.2. The van der Waals surface area contributed by atoms with Gasteiger partial charge >= 0.3 is 0 Å². The van der Waals surface area contributed by atoms with Gasteiger partial charge in [-0.15, -0.1) is 0 Å². The van der Waals surface area contributed by atoms with Gasteiger partial charge in [-0.1, -0.05) is 37.3 Å². The van der Waals surface area contributed by atoms with E-state index < -0.39 is 9.84 Å². The maximum Gasteiger partial charge on any atom is 0.152 e. The van der Waals surface area contributed by atoms with E-state index in [0.717, 1.165) is 6.54 Å². The molecule has 0 bridgehead atoms. The van der Waals surface area contributed by atoms with Crippen molar-refractivity contribution in [3.8, 4) is 0 Å². The minimum Gasteiger partial charge on any atom is -0.309 e. The summed E-state index contributed by atoms with van der Waals surface area (Å²) in [7, 11) is -2.81. The Hall–Kier alpha value is -0.870. The molecular weight excluding hydrogens is 222 g/mol. The molecule has 0 radical (unpaired) electrons. The smallest absolute Gasteiger partial charge is 0.152 e. The highest BCUT2D eigenvalue weighted by atomic mass is 32.2. The average Bonchev–Trinajstić information content (AvgIpc) is 2.50.